The molecule has 1 aromatic rings. The molecule has 1 rings (SSSR count). The summed E-state index contributed by atoms with van der Waals surface area (Å²) in [5.41, 5.74) is 0. The summed E-state index contributed by atoms with van der Waals surface area (Å²) >= 11 is 0. The number of unbranched alkanes of at least 4 members (excludes halogenated alkanes) is 3. The van der Waals surface area contributed by atoms with Crippen molar-refractivity contribution in [1.82, 2.24) is 15.5 Å². The molecule has 5 nitrogen and oxygen atoms in total. The van der Waals surface area contributed by atoms with Gasteiger partial charge in [0.2, 0.25) is 5.89 Å². The Bertz CT molecular complexity index is 287. The molecule has 1 aromatic heterocycles. The summed E-state index contributed by atoms with van der Waals surface area (Å²) in [4.78, 5) is 0. The minimum Gasteiger partial charge on any atom is -0.406 e. The van der Waals surface area contributed by atoms with Gasteiger partial charge in [0, 0.05) is 6.54 Å². The van der Waals surface area contributed by atoms with Gasteiger partial charge < -0.3 is 15.1 Å². The minimum atomic E-state index is 0.100. The van der Waals surface area contributed by atoms with Gasteiger partial charge in [0.25, 0.3) is 0 Å². The molecule has 2 N–H and O–H groups in total. The standard InChI is InChI=1S/C11H22N4O/c1-4-5-6-7-8-13-11-15-14-10(16-11)9(2)12-3/h9,12H,4-8H2,1-3H3,(H,13,15). The molecular weight excluding hydrogens is 204 g/mol. The fraction of sp³-hybridized carbons (Fsp3) is 0.818. The lowest BCUT2D eigenvalue weighted by molar-refractivity contribution is 0.440. The highest BCUT2D eigenvalue weighted by atomic mass is 16.4. The molecule has 1 unspecified atom stereocenters. The Kier molecular flexibility index (Phi) is 5.85. The van der Waals surface area contributed by atoms with Crippen LogP contribution >= 0.6 is 0 Å². The summed E-state index contributed by atoms with van der Waals surface area (Å²) in [6.07, 6.45) is 4.93. The average molecular weight is 226 g/mol. The van der Waals surface area contributed by atoms with Gasteiger partial charge in [-0.25, -0.2) is 0 Å². The predicted octanol–water partition coefficient (Wildman–Crippen LogP) is 2.34. The number of hydrogen-bond donors (Lipinski definition) is 2. The monoisotopic (exact) mass is 226 g/mol. The van der Waals surface area contributed by atoms with Crippen molar-refractivity contribution in [1.29, 1.82) is 0 Å². The Hall–Kier alpha value is -1.10. The summed E-state index contributed by atoms with van der Waals surface area (Å²) in [5.74, 6) is 0.624. The number of nitrogens with one attached hydrogen (secondary N) is 2. The van der Waals surface area contributed by atoms with Gasteiger partial charge in [-0.2, -0.15) is 0 Å². The maximum absolute atomic E-state index is 5.45. The second-order valence-electron chi connectivity index (χ2n) is 3.94. The van der Waals surface area contributed by atoms with Gasteiger partial charge in [0.15, 0.2) is 0 Å². The average Bonchev–Trinajstić information content (AvgIpc) is 2.76. The van der Waals surface area contributed by atoms with E-state index in [0.717, 1.165) is 13.0 Å². The summed E-state index contributed by atoms with van der Waals surface area (Å²) < 4.78 is 5.45. The van der Waals surface area contributed by atoms with E-state index >= 15 is 0 Å². The Morgan fingerprint density at radius 2 is 2.06 bits per heavy atom. The van der Waals surface area contributed by atoms with E-state index < -0.39 is 0 Å². The van der Waals surface area contributed by atoms with Crippen LogP contribution in [0.15, 0.2) is 4.42 Å². The van der Waals surface area contributed by atoms with Crippen LogP contribution in [0.2, 0.25) is 0 Å². The van der Waals surface area contributed by atoms with E-state index in [1.165, 1.54) is 19.3 Å². The first kappa shape index (κ1) is 13.0. The van der Waals surface area contributed by atoms with Crippen molar-refractivity contribution < 1.29 is 4.42 Å². The molecule has 0 amide bonds. The van der Waals surface area contributed by atoms with Crippen LogP contribution in [0.5, 0.6) is 0 Å². The van der Waals surface area contributed by atoms with E-state index in [1.807, 2.05) is 14.0 Å². The van der Waals surface area contributed by atoms with Crippen LogP contribution < -0.4 is 10.6 Å². The quantitative estimate of drug-likeness (QED) is 0.666. The van der Waals surface area contributed by atoms with Gasteiger partial charge in [0.05, 0.1) is 6.04 Å². The molecule has 1 heterocycles. The van der Waals surface area contributed by atoms with Gasteiger partial charge in [-0.3, -0.25) is 0 Å². The third kappa shape index (κ3) is 4.18. The Morgan fingerprint density at radius 3 is 2.75 bits per heavy atom. The van der Waals surface area contributed by atoms with Crippen LogP contribution in [0.1, 0.15) is 51.5 Å². The topological polar surface area (TPSA) is 63.0 Å². The lowest BCUT2D eigenvalue weighted by Gasteiger charge is -2.03. The van der Waals surface area contributed by atoms with Crippen molar-refractivity contribution in [2.24, 2.45) is 0 Å². The molecule has 92 valence electrons. The van der Waals surface area contributed by atoms with E-state index in [1.54, 1.807) is 0 Å². The smallest absolute Gasteiger partial charge is 0.315 e. The highest BCUT2D eigenvalue weighted by Crippen LogP contribution is 2.12. The van der Waals surface area contributed by atoms with Gasteiger partial charge in [-0.05, 0) is 20.4 Å². The van der Waals surface area contributed by atoms with E-state index in [9.17, 15) is 0 Å². The second kappa shape index (κ2) is 7.22. The van der Waals surface area contributed by atoms with Crippen molar-refractivity contribution in [2.45, 2.75) is 45.6 Å². The van der Waals surface area contributed by atoms with Gasteiger partial charge in [-0.15, -0.1) is 5.10 Å². The maximum Gasteiger partial charge on any atom is 0.315 e. The molecule has 0 aliphatic heterocycles. The molecular formula is C11H22N4O. The largest absolute Gasteiger partial charge is 0.406 e. The summed E-state index contributed by atoms with van der Waals surface area (Å²) in [6.45, 7) is 5.09. The highest BCUT2D eigenvalue weighted by Gasteiger charge is 2.10. The van der Waals surface area contributed by atoms with Crippen molar-refractivity contribution in [3.63, 3.8) is 0 Å². The molecule has 0 saturated carbocycles. The Labute approximate surface area is 97.0 Å². The van der Waals surface area contributed by atoms with Crippen molar-refractivity contribution in [2.75, 3.05) is 18.9 Å². The van der Waals surface area contributed by atoms with Crippen molar-refractivity contribution in [3.05, 3.63) is 5.89 Å². The summed E-state index contributed by atoms with van der Waals surface area (Å²) in [6, 6.07) is 0.622. The normalized spacial score (nSPS) is 12.7. The summed E-state index contributed by atoms with van der Waals surface area (Å²) in [7, 11) is 1.87. The van der Waals surface area contributed by atoms with E-state index in [0.29, 0.717) is 11.9 Å². The first-order chi connectivity index (χ1) is 7.77. The Balaban J connectivity index is 2.24. The molecule has 0 saturated heterocycles. The fourth-order valence-corrected chi connectivity index (χ4v) is 1.35. The molecule has 5 heteroatoms. The molecule has 0 bridgehead atoms. The predicted molar refractivity (Wildman–Crippen MR) is 64.4 cm³/mol. The number of hydrogen-bond acceptors (Lipinski definition) is 5. The molecule has 0 radical (unpaired) electrons. The van der Waals surface area contributed by atoms with Crippen LogP contribution in [0.25, 0.3) is 0 Å². The van der Waals surface area contributed by atoms with Crippen LogP contribution in [-0.4, -0.2) is 23.8 Å². The Morgan fingerprint density at radius 1 is 1.25 bits per heavy atom. The highest BCUT2D eigenvalue weighted by molar-refractivity contribution is 5.16. The minimum absolute atomic E-state index is 0.100. The van der Waals surface area contributed by atoms with Crippen molar-refractivity contribution >= 4 is 6.01 Å². The van der Waals surface area contributed by atoms with E-state index in [2.05, 4.69) is 27.8 Å². The van der Waals surface area contributed by atoms with Gasteiger partial charge in [-0.1, -0.05) is 31.3 Å². The molecule has 0 aliphatic rings. The molecule has 0 aliphatic carbocycles. The third-order valence-electron chi connectivity index (χ3n) is 2.55. The number of rotatable bonds is 8. The van der Waals surface area contributed by atoms with Crippen LogP contribution in [0, 0.1) is 0 Å². The van der Waals surface area contributed by atoms with E-state index in [-0.39, 0.29) is 6.04 Å². The number of aromatic nitrogens is 2. The molecule has 0 spiro atoms. The zero-order chi connectivity index (χ0) is 11.8. The molecule has 16 heavy (non-hydrogen) atoms. The van der Waals surface area contributed by atoms with Gasteiger partial charge in [0.1, 0.15) is 0 Å². The van der Waals surface area contributed by atoms with Gasteiger partial charge >= 0.3 is 6.01 Å². The second-order valence-corrected chi connectivity index (χ2v) is 3.94. The maximum atomic E-state index is 5.45. The number of anilines is 1. The molecule has 0 aromatic carbocycles. The fourth-order valence-electron chi connectivity index (χ4n) is 1.35. The zero-order valence-corrected chi connectivity index (χ0v) is 10.4. The van der Waals surface area contributed by atoms with E-state index in [4.69, 9.17) is 4.42 Å². The van der Waals surface area contributed by atoms with Crippen LogP contribution in [0.3, 0.4) is 0 Å². The molecule has 0 fully saturated rings. The lowest BCUT2D eigenvalue weighted by atomic mass is 10.2. The zero-order valence-electron chi connectivity index (χ0n) is 10.4. The van der Waals surface area contributed by atoms with Crippen LogP contribution in [0.4, 0.5) is 6.01 Å². The SMILES string of the molecule is CCCCCCNc1nnc(C(C)NC)o1. The first-order valence-electron chi connectivity index (χ1n) is 6.02. The lowest BCUT2D eigenvalue weighted by Crippen LogP contribution is -2.12. The number of nitrogens with zero attached hydrogens (tertiary/aromatic N) is 2. The molecule has 1 atom stereocenters. The summed E-state index contributed by atoms with van der Waals surface area (Å²) in [5, 5.41) is 14.1. The van der Waals surface area contributed by atoms with Crippen molar-refractivity contribution in [3.8, 4) is 0 Å². The third-order valence-corrected chi connectivity index (χ3v) is 2.55. The van der Waals surface area contributed by atoms with Crippen LogP contribution in [-0.2, 0) is 0 Å². The first-order valence-corrected chi connectivity index (χ1v) is 6.02.